The molecule has 0 radical (unpaired) electrons. The second-order valence-electron chi connectivity index (χ2n) is 6.03. The van der Waals surface area contributed by atoms with Gasteiger partial charge in [0.15, 0.2) is 0 Å². The van der Waals surface area contributed by atoms with Crippen LogP contribution in [0, 0.1) is 11.3 Å². The van der Waals surface area contributed by atoms with E-state index in [1.807, 2.05) is 26.0 Å². The van der Waals surface area contributed by atoms with Gasteiger partial charge in [0.1, 0.15) is 0 Å². The predicted octanol–water partition coefficient (Wildman–Crippen LogP) is 3.08. The van der Waals surface area contributed by atoms with E-state index in [1.54, 1.807) is 24.0 Å². The number of hydrogen-bond acceptors (Lipinski definition) is 4. The van der Waals surface area contributed by atoms with Crippen molar-refractivity contribution in [3.63, 3.8) is 0 Å². The molecule has 0 bridgehead atoms. The van der Waals surface area contributed by atoms with E-state index in [0.717, 1.165) is 5.56 Å². The molecule has 142 valence electrons. The largest absolute Gasteiger partial charge is 0.332 e. The SMILES string of the molecule is CCNS(=O)(=O)c1ccc(C(=O)N(CC)C(C)c2ccc(C#N)cc2)cc1. The molecule has 0 aromatic heterocycles. The number of benzene rings is 2. The van der Waals surface area contributed by atoms with Crippen LogP contribution in [0.15, 0.2) is 53.4 Å². The third kappa shape index (κ3) is 4.73. The summed E-state index contributed by atoms with van der Waals surface area (Å²) in [5.74, 6) is -0.179. The zero-order valence-electron chi connectivity index (χ0n) is 15.6. The van der Waals surface area contributed by atoms with Crippen LogP contribution in [0.4, 0.5) is 0 Å². The first-order chi connectivity index (χ1) is 12.8. The van der Waals surface area contributed by atoms with E-state index in [9.17, 15) is 13.2 Å². The van der Waals surface area contributed by atoms with Crippen molar-refractivity contribution in [1.29, 1.82) is 5.26 Å². The van der Waals surface area contributed by atoms with Gasteiger partial charge in [-0.15, -0.1) is 0 Å². The molecule has 1 atom stereocenters. The van der Waals surface area contributed by atoms with Crippen molar-refractivity contribution in [2.75, 3.05) is 13.1 Å². The number of hydrogen-bond donors (Lipinski definition) is 1. The minimum absolute atomic E-state index is 0.129. The minimum atomic E-state index is -3.55. The first kappa shape index (κ1) is 20.6. The molecule has 0 saturated carbocycles. The van der Waals surface area contributed by atoms with Gasteiger partial charge in [0.25, 0.3) is 5.91 Å². The van der Waals surface area contributed by atoms with Gasteiger partial charge in [-0.25, -0.2) is 13.1 Å². The van der Waals surface area contributed by atoms with Gasteiger partial charge in [-0.2, -0.15) is 5.26 Å². The Morgan fingerprint density at radius 2 is 1.70 bits per heavy atom. The highest BCUT2D eigenvalue weighted by Gasteiger charge is 2.22. The number of amides is 1. The number of nitriles is 1. The standard InChI is InChI=1S/C20H23N3O3S/c1-4-22-27(25,26)19-12-10-18(11-13-19)20(24)23(5-2)15(3)17-8-6-16(14-21)7-9-17/h6-13,15,22H,4-5H2,1-3H3. The first-order valence-corrected chi connectivity index (χ1v) is 10.2. The third-order valence-electron chi connectivity index (χ3n) is 4.34. The highest BCUT2D eigenvalue weighted by atomic mass is 32.2. The van der Waals surface area contributed by atoms with E-state index in [1.165, 1.54) is 24.3 Å². The number of nitrogens with zero attached hydrogens (tertiary/aromatic N) is 2. The summed E-state index contributed by atoms with van der Waals surface area (Å²) in [6.45, 7) is 6.32. The summed E-state index contributed by atoms with van der Waals surface area (Å²) < 4.78 is 26.5. The van der Waals surface area contributed by atoms with Gasteiger partial charge in [-0.05, 0) is 55.8 Å². The highest BCUT2D eigenvalue weighted by Crippen LogP contribution is 2.23. The van der Waals surface area contributed by atoms with Crippen LogP contribution in [0.5, 0.6) is 0 Å². The van der Waals surface area contributed by atoms with Gasteiger partial charge in [0, 0.05) is 18.7 Å². The number of carbonyl (C=O) groups excluding carboxylic acids is 1. The van der Waals surface area contributed by atoms with Crippen LogP contribution in [0.1, 0.15) is 48.3 Å². The molecule has 6 nitrogen and oxygen atoms in total. The minimum Gasteiger partial charge on any atom is -0.332 e. The lowest BCUT2D eigenvalue weighted by atomic mass is 10.0. The molecule has 0 fully saturated rings. The fourth-order valence-corrected chi connectivity index (χ4v) is 3.87. The number of nitrogens with one attached hydrogen (secondary N) is 1. The molecule has 1 N–H and O–H groups in total. The molecular formula is C20H23N3O3S. The van der Waals surface area contributed by atoms with Gasteiger partial charge in [0.05, 0.1) is 22.6 Å². The molecule has 0 aliphatic rings. The Bertz CT molecular complexity index is 930. The average molecular weight is 385 g/mol. The smallest absolute Gasteiger partial charge is 0.254 e. The number of rotatable bonds is 7. The van der Waals surface area contributed by atoms with Crippen molar-refractivity contribution in [3.8, 4) is 6.07 Å². The van der Waals surface area contributed by atoms with Crippen molar-refractivity contribution in [2.45, 2.75) is 31.7 Å². The maximum absolute atomic E-state index is 12.9. The van der Waals surface area contributed by atoms with Crippen LogP contribution < -0.4 is 4.72 Å². The summed E-state index contributed by atoms with van der Waals surface area (Å²) in [4.78, 5) is 14.7. The quantitative estimate of drug-likeness (QED) is 0.793. The maximum atomic E-state index is 12.9. The molecular weight excluding hydrogens is 362 g/mol. The fraction of sp³-hybridized carbons (Fsp3) is 0.300. The van der Waals surface area contributed by atoms with Gasteiger partial charge in [-0.1, -0.05) is 19.1 Å². The average Bonchev–Trinajstić information content (AvgIpc) is 2.68. The van der Waals surface area contributed by atoms with Gasteiger partial charge < -0.3 is 4.90 Å². The molecule has 27 heavy (non-hydrogen) atoms. The van der Waals surface area contributed by atoms with Gasteiger partial charge >= 0.3 is 0 Å². The first-order valence-electron chi connectivity index (χ1n) is 8.74. The van der Waals surface area contributed by atoms with Crippen LogP contribution in [0.25, 0.3) is 0 Å². The Morgan fingerprint density at radius 3 is 2.19 bits per heavy atom. The van der Waals surface area contributed by atoms with Crippen molar-refractivity contribution >= 4 is 15.9 Å². The number of sulfonamides is 1. The monoisotopic (exact) mass is 385 g/mol. The lowest BCUT2D eigenvalue weighted by Crippen LogP contribution is -2.33. The molecule has 2 aromatic carbocycles. The van der Waals surface area contributed by atoms with E-state index in [4.69, 9.17) is 5.26 Å². The zero-order valence-corrected chi connectivity index (χ0v) is 16.5. The van der Waals surface area contributed by atoms with E-state index in [2.05, 4.69) is 10.8 Å². The molecule has 0 aliphatic heterocycles. The van der Waals surface area contributed by atoms with Crippen LogP contribution in [-0.2, 0) is 10.0 Å². The van der Waals surface area contributed by atoms with Gasteiger partial charge in [0.2, 0.25) is 10.0 Å². The van der Waals surface area contributed by atoms with E-state index in [0.29, 0.717) is 24.2 Å². The molecule has 2 aromatic rings. The van der Waals surface area contributed by atoms with Crippen molar-refractivity contribution in [3.05, 3.63) is 65.2 Å². The van der Waals surface area contributed by atoms with E-state index < -0.39 is 10.0 Å². The van der Waals surface area contributed by atoms with Crippen LogP contribution >= 0.6 is 0 Å². The second kappa shape index (κ2) is 8.80. The molecule has 2 rings (SSSR count). The van der Waals surface area contributed by atoms with Crippen molar-refractivity contribution in [1.82, 2.24) is 9.62 Å². The lowest BCUT2D eigenvalue weighted by molar-refractivity contribution is 0.0702. The highest BCUT2D eigenvalue weighted by molar-refractivity contribution is 7.89. The van der Waals surface area contributed by atoms with Crippen LogP contribution in [-0.4, -0.2) is 32.3 Å². The summed E-state index contributed by atoms with van der Waals surface area (Å²) in [5, 5.41) is 8.91. The Morgan fingerprint density at radius 1 is 1.11 bits per heavy atom. The Hall–Kier alpha value is -2.69. The number of carbonyl (C=O) groups is 1. The topological polar surface area (TPSA) is 90.3 Å². The third-order valence-corrected chi connectivity index (χ3v) is 5.90. The van der Waals surface area contributed by atoms with Crippen LogP contribution in [0.2, 0.25) is 0 Å². The van der Waals surface area contributed by atoms with Gasteiger partial charge in [-0.3, -0.25) is 4.79 Å². The second-order valence-corrected chi connectivity index (χ2v) is 7.79. The summed E-state index contributed by atoms with van der Waals surface area (Å²) in [6.07, 6.45) is 0. The zero-order chi connectivity index (χ0) is 20.0. The molecule has 1 unspecified atom stereocenters. The van der Waals surface area contributed by atoms with Crippen molar-refractivity contribution < 1.29 is 13.2 Å². The summed E-state index contributed by atoms with van der Waals surface area (Å²) in [5.41, 5.74) is 1.92. The van der Waals surface area contributed by atoms with E-state index in [-0.39, 0.29) is 16.8 Å². The molecule has 0 heterocycles. The fourth-order valence-electron chi connectivity index (χ4n) is 2.83. The molecule has 0 spiro atoms. The molecule has 7 heteroatoms. The molecule has 1 amide bonds. The summed E-state index contributed by atoms with van der Waals surface area (Å²) in [6, 6.07) is 15.0. The molecule has 0 aliphatic carbocycles. The van der Waals surface area contributed by atoms with E-state index >= 15 is 0 Å². The summed E-state index contributed by atoms with van der Waals surface area (Å²) >= 11 is 0. The lowest BCUT2D eigenvalue weighted by Gasteiger charge is -2.28. The Kier molecular flexibility index (Phi) is 6.72. The summed E-state index contributed by atoms with van der Waals surface area (Å²) in [7, 11) is -3.55. The Balaban J connectivity index is 2.24. The molecule has 0 saturated heterocycles. The Labute approximate surface area is 160 Å². The maximum Gasteiger partial charge on any atom is 0.254 e. The van der Waals surface area contributed by atoms with Crippen LogP contribution in [0.3, 0.4) is 0 Å². The normalized spacial score (nSPS) is 12.2. The van der Waals surface area contributed by atoms with Crippen molar-refractivity contribution in [2.24, 2.45) is 0 Å². The predicted molar refractivity (Wildman–Crippen MR) is 104 cm³/mol.